The van der Waals surface area contributed by atoms with Crippen molar-refractivity contribution in [1.29, 1.82) is 0 Å². The highest BCUT2D eigenvalue weighted by Crippen LogP contribution is 2.38. The van der Waals surface area contributed by atoms with Gasteiger partial charge in [-0.1, -0.05) is 6.07 Å². The lowest BCUT2D eigenvalue weighted by atomic mass is 9.95. The lowest BCUT2D eigenvalue weighted by molar-refractivity contribution is -0.134. The first-order valence-corrected chi connectivity index (χ1v) is 9.08. The first-order chi connectivity index (χ1) is 11.6. The molecule has 0 bridgehead atoms. The van der Waals surface area contributed by atoms with E-state index in [9.17, 15) is 4.79 Å². The fourth-order valence-electron chi connectivity index (χ4n) is 3.42. The van der Waals surface area contributed by atoms with Crippen LogP contribution in [-0.2, 0) is 24.3 Å². The predicted octanol–water partition coefficient (Wildman–Crippen LogP) is 2.70. The summed E-state index contributed by atoms with van der Waals surface area (Å²) in [5.74, 6) is 0.798. The Morgan fingerprint density at radius 1 is 1.40 bits per heavy atom. The van der Waals surface area contributed by atoms with Crippen LogP contribution in [0, 0.1) is 13.8 Å². The molecule has 0 saturated heterocycles. The van der Waals surface area contributed by atoms with E-state index in [2.05, 4.69) is 24.9 Å². The van der Waals surface area contributed by atoms with Gasteiger partial charge in [-0.3, -0.25) is 4.79 Å². The highest BCUT2D eigenvalue weighted by atomic mass is 35.5. The number of rotatable bonds is 2. The number of aromatic nitrogens is 1. The molecule has 134 valence electrons. The molecule has 4 rings (SSSR count). The quantitative estimate of drug-likeness (QED) is 0.871. The molecule has 1 atom stereocenters. The Balaban J connectivity index is 0.00000182. The molecule has 25 heavy (non-hydrogen) atoms. The minimum absolute atomic E-state index is 0. The van der Waals surface area contributed by atoms with Crippen molar-refractivity contribution in [3.05, 3.63) is 44.4 Å². The number of ether oxygens (including phenoxy) is 1. The number of benzene rings is 1. The number of nitrogens with two attached hydrogens (primary N) is 1. The third-order valence-corrected chi connectivity index (χ3v) is 6.14. The molecule has 1 aromatic heterocycles. The zero-order valence-corrected chi connectivity index (χ0v) is 16.0. The lowest BCUT2D eigenvalue weighted by Gasteiger charge is -2.28. The third-order valence-electron chi connectivity index (χ3n) is 4.96. The summed E-state index contributed by atoms with van der Waals surface area (Å²) in [7, 11) is 0. The van der Waals surface area contributed by atoms with E-state index in [0.717, 1.165) is 35.0 Å². The van der Waals surface area contributed by atoms with Crippen LogP contribution >= 0.6 is 23.7 Å². The monoisotopic (exact) mass is 379 g/mol. The smallest absolute Gasteiger partial charge is 0.234 e. The Bertz CT molecular complexity index is 821. The summed E-state index contributed by atoms with van der Waals surface area (Å²) < 4.78 is 5.77. The molecule has 2 aliphatic heterocycles. The maximum atomic E-state index is 13.0. The maximum Gasteiger partial charge on any atom is 0.234 e. The molecule has 1 unspecified atom stereocenters. The minimum atomic E-state index is -0.200. The number of thiazole rings is 1. The zero-order valence-electron chi connectivity index (χ0n) is 14.4. The van der Waals surface area contributed by atoms with Gasteiger partial charge < -0.3 is 15.4 Å². The summed E-state index contributed by atoms with van der Waals surface area (Å²) in [5.41, 5.74) is 10.1. The molecule has 7 heteroatoms. The summed E-state index contributed by atoms with van der Waals surface area (Å²) >= 11 is 1.67. The van der Waals surface area contributed by atoms with Crippen LogP contribution in [-0.4, -0.2) is 28.9 Å². The van der Waals surface area contributed by atoms with Crippen molar-refractivity contribution in [2.75, 3.05) is 13.2 Å². The number of hydrogen-bond acceptors (Lipinski definition) is 5. The van der Waals surface area contributed by atoms with Gasteiger partial charge in [-0.25, -0.2) is 4.98 Å². The first-order valence-electron chi connectivity index (χ1n) is 8.27. The predicted molar refractivity (Wildman–Crippen MR) is 101 cm³/mol. The molecule has 2 N–H and O–H groups in total. The van der Waals surface area contributed by atoms with Gasteiger partial charge in [0.25, 0.3) is 0 Å². The van der Waals surface area contributed by atoms with E-state index in [4.69, 9.17) is 10.5 Å². The Hall–Kier alpha value is -1.63. The van der Waals surface area contributed by atoms with E-state index in [1.807, 2.05) is 11.0 Å². The molecule has 0 saturated carbocycles. The van der Waals surface area contributed by atoms with Gasteiger partial charge in [0.2, 0.25) is 5.91 Å². The van der Waals surface area contributed by atoms with Crippen LogP contribution in [0.4, 0.5) is 0 Å². The molecule has 3 heterocycles. The Morgan fingerprint density at radius 3 is 2.92 bits per heavy atom. The SMILES string of the molecule is Cc1cc2c(cc1C)C(C(=O)N1CCc3sc(CN)nc3C1)CO2.Cl. The number of carbonyl (C=O) groups excluding carboxylic acids is 1. The largest absolute Gasteiger partial charge is 0.492 e. The second-order valence-corrected chi connectivity index (χ2v) is 7.70. The molecule has 1 amide bonds. The Labute approximate surface area is 157 Å². The zero-order chi connectivity index (χ0) is 16.8. The average Bonchev–Trinajstić information content (AvgIpc) is 3.17. The molecular weight excluding hydrogens is 358 g/mol. The topological polar surface area (TPSA) is 68.5 Å². The fourth-order valence-corrected chi connectivity index (χ4v) is 4.37. The number of carbonyl (C=O) groups is 1. The van der Waals surface area contributed by atoms with E-state index >= 15 is 0 Å². The van der Waals surface area contributed by atoms with Crippen LogP contribution in [0.5, 0.6) is 5.75 Å². The van der Waals surface area contributed by atoms with Gasteiger partial charge in [0.15, 0.2) is 0 Å². The highest BCUT2D eigenvalue weighted by molar-refractivity contribution is 7.11. The number of nitrogens with zero attached hydrogens (tertiary/aromatic N) is 2. The van der Waals surface area contributed by atoms with Crippen LogP contribution in [0.15, 0.2) is 12.1 Å². The number of fused-ring (bicyclic) bond motifs is 2. The molecule has 2 aliphatic rings. The first kappa shape index (κ1) is 18.2. The van der Waals surface area contributed by atoms with Crippen LogP contribution < -0.4 is 10.5 Å². The van der Waals surface area contributed by atoms with Crippen molar-refractivity contribution in [2.45, 2.75) is 39.3 Å². The number of aryl methyl sites for hydroxylation is 2. The van der Waals surface area contributed by atoms with E-state index in [0.29, 0.717) is 19.7 Å². The summed E-state index contributed by atoms with van der Waals surface area (Å²) in [6, 6.07) is 4.14. The second-order valence-electron chi connectivity index (χ2n) is 6.53. The second kappa shape index (κ2) is 6.94. The van der Waals surface area contributed by atoms with Crippen molar-refractivity contribution >= 4 is 29.7 Å². The van der Waals surface area contributed by atoms with Crippen LogP contribution in [0.2, 0.25) is 0 Å². The van der Waals surface area contributed by atoms with Gasteiger partial charge in [-0.05, 0) is 31.0 Å². The molecule has 2 aromatic rings. The third kappa shape index (κ3) is 3.14. The molecular formula is C18H22ClN3O2S. The molecule has 0 radical (unpaired) electrons. The standard InChI is InChI=1S/C18H21N3O2S.ClH/c1-10-5-12-13(9-23-15(12)6-11(10)2)18(22)21-4-3-16-14(8-21)20-17(7-19)24-16;/h5-6,13H,3-4,7-9,19H2,1-2H3;1H. The summed E-state index contributed by atoms with van der Waals surface area (Å²) in [6.07, 6.45) is 0.867. The van der Waals surface area contributed by atoms with E-state index in [1.165, 1.54) is 16.0 Å². The normalized spacial score (nSPS) is 18.2. The van der Waals surface area contributed by atoms with Crippen LogP contribution in [0.25, 0.3) is 0 Å². The van der Waals surface area contributed by atoms with Gasteiger partial charge in [-0.2, -0.15) is 0 Å². The van der Waals surface area contributed by atoms with Gasteiger partial charge in [0.05, 0.1) is 12.2 Å². The molecule has 0 spiro atoms. The van der Waals surface area contributed by atoms with Gasteiger partial charge in [0, 0.05) is 30.0 Å². The molecule has 0 fully saturated rings. The van der Waals surface area contributed by atoms with Crippen molar-refractivity contribution in [3.63, 3.8) is 0 Å². The highest BCUT2D eigenvalue weighted by Gasteiger charge is 2.35. The number of amides is 1. The fraction of sp³-hybridized carbons (Fsp3) is 0.444. The Morgan fingerprint density at radius 2 is 2.16 bits per heavy atom. The molecule has 0 aliphatic carbocycles. The average molecular weight is 380 g/mol. The number of hydrogen-bond donors (Lipinski definition) is 1. The van der Waals surface area contributed by atoms with Crippen LogP contribution in [0.3, 0.4) is 0 Å². The van der Waals surface area contributed by atoms with Gasteiger partial charge in [-0.15, -0.1) is 23.7 Å². The van der Waals surface area contributed by atoms with Crippen molar-refractivity contribution in [3.8, 4) is 5.75 Å². The van der Waals surface area contributed by atoms with Crippen molar-refractivity contribution in [1.82, 2.24) is 9.88 Å². The van der Waals surface area contributed by atoms with E-state index in [1.54, 1.807) is 11.3 Å². The summed E-state index contributed by atoms with van der Waals surface area (Å²) in [6.45, 7) is 6.37. The van der Waals surface area contributed by atoms with Crippen molar-refractivity contribution < 1.29 is 9.53 Å². The van der Waals surface area contributed by atoms with E-state index in [-0.39, 0.29) is 24.2 Å². The Kier molecular flexibility index (Phi) is 5.04. The lowest BCUT2D eigenvalue weighted by Crippen LogP contribution is -2.39. The van der Waals surface area contributed by atoms with Crippen LogP contribution in [0.1, 0.15) is 38.2 Å². The molecule has 1 aromatic carbocycles. The number of halogens is 1. The van der Waals surface area contributed by atoms with E-state index < -0.39 is 0 Å². The maximum absolute atomic E-state index is 13.0. The minimum Gasteiger partial charge on any atom is -0.492 e. The van der Waals surface area contributed by atoms with Gasteiger partial charge in [0.1, 0.15) is 23.3 Å². The summed E-state index contributed by atoms with van der Waals surface area (Å²) in [4.78, 5) is 20.8. The van der Waals surface area contributed by atoms with Crippen molar-refractivity contribution in [2.24, 2.45) is 5.73 Å². The molecule has 5 nitrogen and oxygen atoms in total. The van der Waals surface area contributed by atoms with Gasteiger partial charge >= 0.3 is 0 Å². The summed E-state index contributed by atoms with van der Waals surface area (Å²) in [5, 5.41) is 0.954.